The molecule has 0 fully saturated rings. The Morgan fingerprint density at radius 3 is 1.89 bits per heavy atom. The van der Waals surface area contributed by atoms with E-state index in [9.17, 15) is 8.78 Å². The van der Waals surface area contributed by atoms with Gasteiger partial charge in [-0.2, -0.15) is 41.3 Å². The van der Waals surface area contributed by atoms with Gasteiger partial charge in [0.15, 0.2) is 0 Å². The van der Waals surface area contributed by atoms with Gasteiger partial charge in [0.1, 0.15) is 5.75 Å². The molecule has 9 heteroatoms. The van der Waals surface area contributed by atoms with Crippen LogP contribution < -0.4 is 34.3 Å². The van der Waals surface area contributed by atoms with Gasteiger partial charge in [0.25, 0.3) is 0 Å². The molecule has 1 aromatic carbocycles. The van der Waals surface area contributed by atoms with E-state index in [-0.39, 0.29) is 35.3 Å². The van der Waals surface area contributed by atoms with E-state index in [1.165, 1.54) is 12.1 Å². The van der Waals surface area contributed by atoms with Gasteiger partial charge in [0.2, 0.25) is 0 Å². The second kappa shape index (κ2) is 9.54. The molecule has 18 heavy (non-hydrogen) atoms. The van der Waals surface area contributed by atoms with E-state index in [0.29, 0.717) is 0 Å². The van der Waals surface area contributed by atoms with E-state index in [0.717, 1.165) is 5.56 Å². The maximum atomic E-state index is 11.7. The molecular formula is C9H11F2NaO5S. The zero-order valence-electron chi connectivity index (χ0n) is 9.75. The number of hydrogen-bond acceptors (Lipinski definition) is 3. The van der Waals surface area contributed by atoms with E-state index in [1.54, 1.807) is 12.1 Å². The second-order valence-electron chi connectivity index (χ2n) is 2.68. The van der Waals surface area contributed by atoms with Crippen LogP contribution in [0.1, 0.15) is 12.5 Å². The van der Waals surface area contributed by atoms with Gasteiger partial charge in [0.05, 0.1) is 0 Å². The number of alkyl halides is 2. The molecule has 0 aromatic heterocycles. The summed E-state index contributed by atoms with van der Waals surface area (Å²) < 4.78 is 59.1. The Balaban J connectivity index is 0. The average molecular weight is 292 g/mol. The van der Waals surface area contributed by atoms with Gasteiger partial charge >= 0.3 is 46.6 Å². The van der Waals surface area contributed by atoms with Gasteiger partial charge in [-0.25, -0.2) is 0 Å². The van der Waals surface area contributed by atoms with Gasteiger partial charge < -0.3 is 4.74 Å². The topological polar surface area (TPSA) is 83.8 Å². The van der Waals surface area contributed by atoms with Crippen LogP contribution in [0.15, 0.2) is 24.3 Å². The van der Waals surface area contributed by atoms with E-state index >= 15 is 0 Å². The number of hydrogen-bond donors (Lipinski definition) is 2. The molecule has 0 unspecified atom stereocenters. The molecule has 0 amide bonds. The van der Waals surface area contributed by atoms with Crippen molar-refractivity contribution in [2.24, 2.45) is 0 Å². The van der Waals surface area contributed by atoms with Crippen LogP contribution in [0.5, 0.6) is 5.75 Å². The molecule has 1 aromatic rings. The van der Waals surface area contributed by atoms with Crippen molar-refractivity contribution in [1.29, 1.82) is 0 Å². The first-order chi connectivity index (χ1) is 7.72. The van der Waals surface area contributed by atoms with Crippen molar-refractivity contribution in [3.63, 3.8) is 0 Å². The molecule has 0 saturated heterocycles. The molecule has 0 aliphatic heterocycles. The average Bonchev–Trinajstić information content (AvgIpc) is 2.15. The first-order valence-corrected chi connectivity index (χ1v) is 5.66. The summed E-state index contributed by atoms with van der Waals surface area (Å²) in [5.74, 6) is 0.190. The van der Waals surface area contributed by atoms with E-state index < -0.39 is 17.0 Å². The third-order valence-electron chi connectivity index (χ3n) is 1.44. The number of rotatable bonds is 3. The van der Waals surface area contributed by atoms with Gasteiger partial charge in [-0.15, -0.1) is 0 Å². The van der Waals surface area contributed by atoms with Crippen LogP contribution in [0.25, 0.3) is 0 Å². The largest absolute Gasteiger partial charge is 1.00 e. The van der Waals surface area contributed by atoms with Crippen LogP contribution in [0.4, 0.5) is 8.78 Å². The Morgan fingerprint density at radius 1 is 1.22 bits per heavy atom. The minimum Gasteiger partial charge on any atom is -0.437 e. The van der Waals surface area contributed by atoms with Crippen molar-refractivity contribution in [3.8, 4) is 5.75 Å². The minimum atomic E-state index is -4.67. The van der Waals surface area contributed by atoms with Crippen molar-refractivity contribution in [2.75, 3.05) is 0 Å². The summed E-state index contributed by atoms with van der Waals surface area (Å²) >= 11 is 0. The predicted octanol–water partition coefficient (Wildman–Crippen LogP) is -0.789. The van der Waals surface area contributed by atoms with E-state index in [2.05, 4.69) is 4.74 Å². The Hall–Kier alpha value is -0.380. The Bertz CT molecular complexity index is 413. The van der Waals surface area contributed by atoms with Crippen molar-refractivity contribution < 1.29 is 60.6 Å². The second-order valence-corrected chi connectivity index (χ2v) is 3.58. The van der Waals surface area contributed by atoms with Crippen molar-refractivity contribution in [2.45, 2.75) is 13.5 Å². The minimum absolute atomic E-state index is 0. The van der Waals surface area contributed by atoms with Crippen molar-refractivity contribution in [3.05, 3.63) is 36.2 Å². The predicted molar refractivity (Wildman–Crippen MR) is 56.3 cm³/mol. The summed E-state index contributed by atoms with van der Waals surface area (Å²) in [7, 11) is -4.67. The molecule has 0 saturated carbocycles. The molecule has 0 atom stereocenters. The van der Waals surface area contributed by atoms with E-state index in [4.69, 9.17) is 17.5 Å². The summed E-state index contributed by atoms with van der Waals surface area (Å²) in [6, 6.07) is 6.47. The SMILES string of the molecule is C[CH-]c1ccc(OC(F)F)cc1.O=S(=O)(O)O.[Na+]. The molecule has 0 radical (unpaired) electrons. The standard InChI is InChI=1S/C9H9F2O.Na.H2O4S/c1-2-7-3-5-8(6-4-7)12-9(10)11;;1-5(2,3)4/h2-6,9H,1H3;;(H2,1,2,3,4)/q-1;+1;. The third-order valence-corrected chi connectivity index (χ3v) is 1.44. The maximum absolute atomic E-state index is 11.7. The fourth-order valence-corrected chi connectivity index (χ4v) is 0.842. The molecule has 0 bridgehead atoms. The molecule has 1 rings (SSSR count). The first kappa shape index (κ1) is 19.9. The molecular weight excluding hydrogens is 281 g/mol. The quantitative estimate of drug-likeness (QED) is 0.433. The van der Waals surface area contributed by atoms with Crippen molar-refractivity contribution >= 4 is 10.4 Å². The summed E-state index contributed by atoms with van der Waals surface area (Å²) in [5.41, 5.74) is 0.983. The molecule has 0 spiro atoms. The van der Waals surface area contributed by atoms with Crippen LogP contribution in [0, 0.1) is 6.42 Å². The third kappa shape index (κ3) is 13.7. The Kier molecular flexibility index (Phi) is 10.6. The molecule has 0 heterocycles. The van der Waals surface area contributed by atoms with Crippen molar-refractivity contribution in [1.82, 2.24) is 0 Å². The van der Waals surface area contributed by atoms with Crippen LogP contribution in [0.3, 0.4) is 0 Å². The number of ether oxygens (including phenoxy) is 1. The van der Waals surface area contributed by atoms with Crippen LogP contribution >= 0.6 is 0 Å². The Morgan fingerprint density at radius 2 is 1.61 bits per heavy atom. The molecule has 0 aliphatic rings. The fourth-order valence-electron chi connectivity index (χ4n) is 0.842. The fraction of sp³-hybridized carbons (Fsp3) is 0.222. The van der Waals surface area contributed by atoms with Crippen LogP contribution in [0.2, 0.25) is 0 Å². The monoisotopic (exact) mass is 292 g/mol. The molecule has 2 N–H and O–H groups in total. The van der Waals surface area contributed by atoms with Gasteiger partial charge in [0, 0.05) is 0 Å². The number of benzene rings is 1. The normalized spacial score (nSPS) is 9.89. The molecule has 5 nitrogen and oxygen atoms in total. The van der Waals surface area contributed by atoms with Gasteiger partial charge in [-0.3, -0.25) is 9.11 Å². The van der Waals surface area contributed by atoms with E-state index in [1.807, 2.05) is 13.3 Å². The summed E-state index contributed by atoms with van der Waals surface area (Å²) in [6.45, 7) is -0.871. The zero-order chi connectivity index (χ0) is 13.5. The van der Waals surface area contributed by atoms with Gasteiger partial charge in [-0.1, -0.05) is 19.1 Å². The van der Waals surface area contributed by atoms with Crippen LogP contribution in [-0.4, -0.2) is 24.1 Å². The molecule has 98 valence electrons. The summed E-state index contributed by atoms with van der Waals surface area (Å²) in [4.78, 5) is 0. The summed E-state index contributed by atoms with van der Waals surface area (Å²) in [5, 5.41) is 0. The maximum Gasteiger partial charge on any atom is 1.00 e. The smallest absolute Gasteiger partial charge is 0.437 e. The van der Waals surface area contributed by atoms with Gasteiger partial charge in [-0.05, 0) is 0 Å². The van der Waals surface area contributed by atoms with Crippen LogP contribution in [-0.2, 0) is 10.4 Å². The first-order valence-electron chi connectivity index (χ1n) is 4.26. The Labute approximate surface area is 126 Å². The zero-order valence-corrected chi connectivity index (χ0v) is 12.6. The molecule has 0 aliphatic carbocycles. The summed E-state index contributed by atoms with van der Waals surface area (Å²) in [6.07, 6.45) is 1.88. The number of halogens is 2.